The number of benzene rings is 2. The summed E-state index contributed by atoms with van der Waals surface area (Å²) in [4.78, 5) is 18.6. The monoisotopic (exact) mass is 384 g/mol. The Morgan fingerprint density at radius 2 is 1.48 bits per heavy atom. The second-order valence-corrected chi connectivity index (χ2v) is 8.00. The third-order valence-corrected chi connectivity index (χ3v) is 6.20. The average Bonchev–Trinajstić information content (AvgIpc) is 3.33. The summed E-state index contributed by atoms with van der Waals surface area (Å²) in [6, 6.07) is 26.4. The predicted molar refractivity (Wildman–Crippen MR) is 116 cm³/mol. The number of rotatable bonds is 7. The molecule has 1 saturated carbocycles. The molecule has 1 amide bonds. The van der Waals surface area contributed by atoms with Crippen LogP contribution in [0.5, 0.6) is 0 Å². The maximum absolute atomic E-state index is 13.9. The highest BCUT2D eigenvalue weighted by atomic mass is 16.2. The van der Waals surface area contributed by atoms with Crippen LogP contribution in [0, 0.1) is 5.92 Å². The van der Waals surface area contributed by atoms with Crippen LogP contribution in [0.25, 0.3) is 0 Å². The maximum Gasteiger partial charge on any atom is 0.233 e. The molecule has 3 heteroatoms. The van der Waals surface area contributed by atoms with Crippen molar-refractivity contribution < 1.29 is 4.79 Å². The van der Waals surface area contributed by atoms with Crippen molar-refractivity contribution in [1.29, 1.82) is 0 Å². The Hall–Kier alpha value is -2.94. The third kappa shape index (κ3) is 4.24. The molecule has 1 unspecified atom stereocenters. The van der Waals surface area contributed by atoms with Crippen LogP contribution < -0.4 is 5.32 Å². The topological polar surface area (TPSA) is 42.0 Å². The lowest BCUT2D eigenvalue weighted by molar-refractivity contribution is -0.129. The van der Waals surface area contributed by atoms with Crippen molar-refractivity contribution in [2.45, 2.75) is 44.1 Å². The van der Waals surface area contributed by atoms with Gasteiger partial charge in [0.1, 0.15) is 0 Å². The molecule has 29 heavy (non-hydrogen) atoms. The lowest BCUT2D eigenvalue weighted by atomic mass is 9.67. The molecule has 1 aliphatic rings. The first kappa shape index (κ1) is 19.4. The van der Waals surface area contributed by atoms with E-state index < -0.39 is 5.41 Å². The van der Waals surface area contributed by atoms with Crippen LogP contribution in [0.1, 0.15) is 42.5 Å². The molecular formula is C26H28N2O. The second-order valence-electron chi connectivity index (χ2n) is 8.00. The first-order chi connectivity index (χ1) is 14.3. The van der Waals surface area contributed by atoms with Gasteiger partial charge in [-0.3, -0.25) is 9.78 Å². The van der Waals surface area contributed by atoms with Crippen LogP contribution in [-0.4, -0.2) is 10.9 Å². The Kier molecular flexibility index (Phi) is 6.04. The van der Waals surface area contributed by atoms with E-state index in [-0.39, 0.29) is 5.91 Å². The molecule has 0 spiro atoms. The minimum atomic E-state index is -0.645. The summed E-state index contributed by atoms with van der Waals surface area (Å²) in [5.41, 5.74) is 2.54. The number of hydrogen-bond acceptors (Lipinski definition) is 2. The van der Waals surface area contributed by atoms with Crippen LogP contribution in [0.4, 0.5) is 0 Å². The highest BCUT2D eigenvalue weighted by Gasteiger charge is 2.48. The van der Waals surface area contributed by atoms with E-state index in [4.69, 9.17) is 4.98 Å². The Labute approximate surface area is 173 Å². The number of carbonyl (C=O) groups excluding carboxylic acids is 1. The molecule has 0 radical (unpaired) electrons. The highest BCUT2D eigenvalue weighted by Crippen LogP contribution is 2.44. The van der Waals surface area contributed by atoms with Crippen LogP contribution in [0.15, 0.2) is 85.1 Å². The van der Waals surface area contributed by atoms with Gasteiger partial charge >= 0.3 is 0 Å². The van der Waals surface area contributed by atoms with E-state index in [0.29, 0.717) is 18.9 Å². The molecule has 1 aliphatic carbocycles. The van der Waals surface area contributed by atoms with Crippen molar-refractivity contribution in [3.05, 3.63) is 102 Å². The van der Waals surface area contributed by atoms with E-state index in [1.807, 2.05) is 48.7 Å². The zero-order valence-corrected chi connectivity index (χ0v) is 16.8. The second kappa shape index (κ2) is 9.04. The molecule has 1 N–H and O–H groups in total. The number of amides is 1. The van der Waals surface area contributed by atoms with Gasteiger partial charge in [0.2, 0.25) is 5.91 Å². The molecule has 4 rings (SSSR count). The van der Waals surface area contributed by atoms with E-state index in [1.165, 1.54) is 18.4 Å². The number of nitrogens with one attached hydrogen (secondary N) is 1. The Bertz CT molecular complexity index is 905. The van der Waals surface area contributed by atoms with Crippen molar-refractivity contribution >= 4 is 5.91 Å². The fourth-order valence-electron chi connectivity index (χ4n) is 4.73. The van der Waals surface area contributed by atoms with Gasteiger partial charge in [-0.2, -0.15) is 0 Å². The lowest BCUT2D eigenvalue weighted by Gasteiger charge is -2.37. The Morgan fingerprint density at radius 1 is 0.862 bits per heavy atom. The van der Waals surface area contributed by atoms with Gasteiger partial charge in [0.25, 0.3) is 0 Å². The zero-order valence-electron chi connectivity index (χ0n) is 16.8. The smallest absolute Gasteiger partial charge is 0.233 e. The third-order valence-electron chi connectivity index (χ3n) is 6.20. The Morgan fingerprint density at radius 3 is 2.10 bits per heavy atom. The SMILES string of the molecule is O=C(NCc1ccccc1)C(Cc1ccccc1)(c1ccccn1)C1CCCC1. The average molecular weight is 385 g/mol. The summed E-state index contributed by atoms with van der Waals surface area (Å²) < 4.78 is 0. The summed E-state index contributed by atoms with van der Waals surface area (Å²) in [5, 5.41) is 3.26. The quantitative estimate of drug-likeness (QED) is 0.618. The van der Waals surface area contributed by atoms with Gasteiger partial charge < -0.3 is 5.32 Å². The summed E-state index contributed by atoms with van der Waals surface area (Å²) in [6.07, 6.45) is 7.00. The normalized spacial score (nSPS) is 16.3. The van der Waals surface area contributed by atoms with Crippen LogP contribution >= 0.6 is 0 Å². The van der Waals surface area contributed by atoms with Gasteiger partial charge in [-0.25, -0.2) is 0 Å². The van der Waals surface area contributed by atoms with Crippen molar-refractivity contribution in [2.24, 2.45) is 5.92 Å². The highest BCUT2D eigenvalue weighted by molar-refractivity contribution is 5.88. The van der Waals surface area contributed by atoms with Crippen LogP contribution in [0.3, 0.4) is 0 Å². The van der Waals surface area contributed by atoms with E-state index in [1.54, 1.807) is 0 Å². The number of hydrogen-bond donors (Lipinski definition) is 1. The predicted octanol–water partition coefficient (Wildman–Crippen LogP) is 5.07. The van der Waals surface area contributed by atoms with E-state index >= 15 is 0 Å². The summed E-state index contributed by atoms with van der Waals surface area (Å²) in [6.45, 7) is 0.537. The van der Waals surface area contributed by atoms with Crippen molar-refractivity contribution in [2.75, 3.05) is 0 Å². The van der Waals surface area contributed by atoms with Crippen molar-refractivity contribution in [3.8, 4) is 0 Å². The molecule has 0 bridgehead atoms. The van der Waals surface area contributed by atoms with Gasteiger partial charge in [-0.15, -0.1) is 0 Å². The molecule has 1 fully saturated rings. The first-order valence-electron chi connectivity index (χ1n) is 10.6. The van der Waals surface area contributed by atoms with E-state index in [0.717, 1.165) is 24.1 Å². The fraction of sp³-hybridized carbons (Fsp3) is 0.308. The van der Waals surface area contributed by atoms with Crippen LogP contribution in [0.2, 0.25) is 0 Å². The molecular weight excluding hydrogens is 356 g/mol. The lowest BCUT2D eigenvalue weighted by Crippen LogP contribution is -2.51. The summed E-state index contributed by atoms with van der Waals surface area (Å²) in [7, 11) is 0. The minimum Gasteiger partial charge on any atom is -0.351 e. The van der Waals surface area contributed by atoms with E-state index in [9.17, 15) is 4.79 Å². The molecule has 3 nitrogen and oxygen atoms in total. The first-order valence-corrected chi connectivity index (χ1v) is 10.6. The van der Waals surface area contributed by atoms with Crippen molar-refractivity contribution in [1.82, 2.24) is 10.3 Å². The van der Waals surface area contributed by atoms with Gasteiger partial charge in [-0.05, 0) is 48.4 Å². The van der Waals surface area contributed by atoms with Gasteiger partial charge in [0.15, 0.2) is 0 Å². The largest absolute Gasteiger partial charge is 0.351 e. The number of aromatic nitrogens is 1. The van der Waals surface area contributed by atoms with Gasteiger partial charge in [0, 0.05) is 12.7 Å². The molecule has 1 atom stereocenters. The standard InChI is InChI=1S/C26H28N2O/c29-25(28-20-22-13-5-2-6-14-22)26(23-15-7-8-16-23,24-17-9-10-18-27-24)19-21-11-3-1-4-12-21/h1-6,9-14,17-18,23H,7-8,15-16,19-20H2,(H,28,29). The molecule has 0 aliphatic heterocycles. The number of nitrogens with zero attached hydrogens (tertiary/aromatic N) is 1. The van der Waals surface area contributed by atoms with E-state index in [2.05, 4.69) is 41.7 Å². The summed E-state index contributed by atoms with van der Waals surface area (Å²) in [5.74, 6) is 0.393. The molecule has 1 heterocycles. The molecule has 1 aromatic heterocycles. The maximum atomic E-state index is 13.9. The van der Waals surface area contributed by atoms with Crippen LogP contribution in [-0.2, 0) is 23.2 Å². The van der Waals surface area contributed by atoms with Gasteiger partial charge in [0.05, 0.1) is 11.1 Å². The number of carbonyl (C=O) groups is 1. The molecule has 0 saturated heterocycles. The molecule has 148 valence electrons. The fourth-order valence-corrected chi connectivity index (χ4v) is 4.73. The Balaban J connectivity index is 1.72. The molecule has 2 aromatic carbocycles. The summed E-state index contributed by atoms with van der Waals surface area (Å²) >= 11 is 0. The zero-order chi connectivity index (χ0) is 19.9. The van der Waals surface area contributed by atoms with Crippen molar-refractivity contribution in [3.63, 3.8) is 0 Å². The number of pyridine rings is 1. The minimum absolute atomic E-state index is 0.0933. The van der Waals surface area contributed by atoms with Gasteiger partial charge in [-0.1, -0.05) is 79.6 Å². The molecule has 3 aromatic rings.